The van der Waals surface area contributed by atoms with Gasteiger partial charge in [-0.1, -0.05) is 0 Å². The largest absolute Gasteiger partial charge is 0.379 e. The highest BCUT2D eigenvalue weighted by atomic mass is 32.2. The third kappa shape index (κ3) is 3.74. The molecule has 20 heavy (non-hydrogen) atoms. The quantitative estimate of drug-likeness (QED) is 0.787. The number of nitrogens with one attached hydrogen (secondary N) is 3. The zero-order valence-corrected chi connectivity index (χ0v) is 12.5. The lowest BCUT2D eigenvalue weighted by atomic mass is 10.2. The van der Waals surface area contributed by atoms with E-state index in [1.165, 1.54) is 0 Å². The van der Waals surface area contributed by atoms with E-state index in [2.05, 4.69) is 20.0 Å². The number of aryl methyl sites for hydroxylation is 2. The first kappa shape index (κ1) is 14.4. The van der Waals surface area contributed by atoms with Gasteiger partial charge in [0.2, 0.25) is 10.0 Å². The topological polar surface area (TPSA) is 86.9 Å². The van der Waals surface area contributed by atoms with Gasteiger partial charge in [-0.25, -0.2) is 13.4 Å². The number of aromatic nitrogens is 2. The van der Waals surface area contributed by atoms with Crippen LogP contribution in [-0.4, -0.2) is 24.6 Å². The summed E-state index contributed by atoms with van der Waals surface area (Å²) >= 11 is 0. The minimum atomic E-state index is -3.25. The minimum Gasteiger partial charge on any atom is -0.379 e. The second-order valence-electron chi connectivity index (χ2n) is 4.73. The van der Waals surface area contributed by atoms with Gasteiger partial charge in [-0.15, -0.1) is 0 Å². The van der Waals surface area contributed by atoms with E-state index in [0.717, 1.165) is 28.9 Å². The molecule has 0 aliphatic carbocycles. The minimum absolute atomic E-state index is 0.592. The molecule has 1 aromatic heterocycles. The molecule has 0 aliphatic heterocycles. The van der Waals surface area contributed by atoms with Crippen LogP contribution >= 0.6 is 0 Å². The lowest BCUT2D eigenvalue weighted by Gasteiger charge is -2.11. The van der Waals surface area contributed by atoms with E-state index in [-0.39, 0.29) is 0 Å². The number of H-pyrrole nitrogens is 1. The normalized spacial score (nSPS) is 11.3. The van der Waals surface area contributed by atoms with Crippen molar-refractivity contribution in [2.75, 3.05) is 16.3 Å². The molecule has 3 N–H and O–H groups in total. The van der Waals surface area contributed by atoms with Crippen molar-refractivity contribution in [3.63, 3.8) is 0 Å². The zero-order chi connectivity index (χ0) is 14.8. The van der Waals surface area contributed by atoms with E-state index in [1.807, 2.05) is 26.0 Å². The van der Waals surface area contributed by atoms with Crippen molar-refractivity contribution in [1.29, 1.82) is 0 Å². The number of sulfonamides is 1. The second-order valence-corrected chi connectivity index (χ2v) is 6.48. The summed E-state index contributed by atoms with van der Waals surface area (Å²) in [6.45, 7) is 4.44. The molecule has 1 heterocycles. The van der Waals surface area contributed by atoms with Crippen LogP contribution in [-0.2, 0) is 16.6 Å². The van der Waals surface area contributed by atoms with Crippen molar-refractivity contribution in [1.82, 2.24) is 9.97 Å². The maximum Gasteiger partial charge on any atom is 0.229 e. The Balaban J connectivity index is 2.07. The summed E-state index contributed by atoms with van der Waals surface area (Å²) < 4.78 is 24.9. The number of benzene rings is 1. The highest BCUT2D eigenvalue weighted by Crippen LogP contribution is 2.21. The molecule has 0 fully saturated rings. The first-order valence-corrected chi connectivity index (χ1v) is 8.05. The molecule has 0 radical (unpaired) electrons. The Morgan fingerprint density at radius 3 is 2.60 bits per heavy atom. The van der Waals surface area contributed by atoms with Crippen molar-refractivity contribution in [2.45, 2.75) is 20.4 Å². The third-order valence-corrected chi connectivity index (χ3v) is 3.51. The van der Waals surface area contributed by atoms with E-state index < -0.39 is 10.0 Å². The Kier molecular flexibility index (Phi) is 3.99. The number of nitrogens with zero attached hydrogens (tertiary/aromatic N) is 1. The van der Waals surface area contributed by atoms with E-state index in [0.29, 0.717) is 12.2 Å². The number of rotatable bonds is 5. The van der Waals surface area contributed by atoms with Crippen molar-refractivity contribution in [2.24, 2.45) is 0 Å². The van der Waals surface area contributed by atoms with Crippen LogP contribution in [0.5, 0.6) is 0 Å². The van der Waals surface area contributed by atoms with E-state index in [1.54, 1.807) is 12.4 Å². The molecule has 0 saturated heterocycles. The third-order valence-electron chi connectivity index (χ3n) is 2.92. The molecule has 0 amide bonds. The van der Waals surface area contributed by atoms with Gasteiger partial charge in [-0.05, 0) is 37.6 Å². The monoisotopic (exact) mass is 294 g/mol. The van der Waals surface area contributed by atoms with Gasteiger partial charge in [0, 0.05) is 11.4 Å². The molecule has 0 aliphatic rings. The van der Waals surface area contributed by atoms with Crippen molar-refractivity contribution in [3.05, 3.63) is 41.5 Å². The molecule has 0 bridgehead atoms. The van der Waals surface area contributed by atoms with Gasteiger partial charge < -0.3 is 10.3 Å². The fourth-order valence-electron chi connectivity index (χ4n) is 1.84. The van der Waals surface area contributed by atoms with Gasteiger partial charge >= 0.3 is 0 Å². The SMILES string of the molecule is Cc1cc(NCc2nc[nH]c2C)ccc1NS(C)(=O)=O. The summed E-state index contributed by atoms with van der Waals surface area (Å²) in [7, 11) is -3.25. The summed E-state index contributed by atoms with van der Waals surface area (Å²) in [4.78, 5) is 7.23. The highest BCUT2D eigenvalue weighted by Gasteiger charge is 2.06. The highest BCUT2D eigenvalue weighted by molar-refractivity contribution is 7.92. The van der Waals surface area contributed by atoms with Gasteiger partial charge in [-0.2, -0.15) is 0 Å². The maximum atomic E-state index is 11.2. The van der Waals surface area contributed by atoms with Crippen LogP contribution in [0.25, 0.3) is 0 Å². The second kappa shape index (κ2) is 5.54. The molecule has 0 spiro atoms. The molecule has 108 valence electrons. The number of anilines is 2. The van der Waals surface area contributed by atoms with Crippen LogP contribution < -0.4 is 10.0 Å². The van der Waals surface area contributed by atoms with Crippen LogP contribution in [0.3, 0.4) is 0 Å². The van der Waals surface area contributed by atoms with Gasteiger partial charge in [0.05, 0.1) is 30.5 Å². The molecule has 6 nitrogen and oxygen atoms in total. The smallest absolute Gasteiger partial charge is 0.229 e. The summed E-state index contributed by atoms with van der Waals surface area (Å²) in [5.74, 6) is 0. The lowest BCUT2D eigenvalue weighted by molar-refractivity contribution is 0.607. The zero-order valence-electron chi connectivity index (χ0n) is 11.7. The molecule has 1 aromatic carbocycles. The van der Waals surface area contributed by atoms with Crippen molar-refractivity contribution in [3.8, 4) is 0 Å². The fourth-order valence-corrected chi connectivity index (χ4v) is 2.47. The average Bonchev–Trinajstić information content (AvgIpc) is 2.74. The van der Waals surface area contributed by atoms with Crippen LogP contribution in [0.2, 0.25) is 0 Å². The molecule has 7 heteroatoms. The van der Waals surface area contributed by atoms with Gasteiger partial charge in [0.25, 0.3) is 0 Å². The molecule has 0 atom stereocenters. The lowest BCUT2D eigenvalue weighted by Crippen LogP contribution is -2.10. The number of hydrogen-bond acceptors (Lipinski definition) is 4. The Morgan fingerprint density at radius 2 is 2.05 bits per heavy atom. The summed E-state index contributed by atoms with van der Waals surface area (Å²) in [5.41, 5.74) is 4.36. The Bertz CT molecular complexity index is 707. The van der Waals surface area contributed by atoms with Crippen molar-refractivity contribution >= 4 is 21.4 Å². The Morgan fingerprint density at radius 1 is 1.30 bits per heavy atom. The van der Waals surface area contributed by atoms with Crippen LogP contribution in [0.15, 0.2) is 24.5 Å². The Labute approximate surface area is 118 Å². The van der Waals surface area contributed by atoms with E-state index in [4.69, 9.17) is 0 Å². The fraction of sp³-hybridized carbons (Fsp3) is 0.308. The van der Waals surface area contributed by atoms with Crippen LogP contribution in [0.1, 0.15) is 17.0 Å². The number of aromatic amines is 1. The molecule has 0 unspecified atom stereocenters. The molecule has 0 saturated carbocycles. The summed E-state index contributed by atoms with van der Waals surface area (Å²) in [6.07, 6.45) is 2.80. The number of imidazole rings is 1. The first-order chi connectivity index (χ1) is 9.35. The average molecular weight is 294 g/mol. The van der Waals surface area contributed by atoms with Gasteiger partial charge in [-0.3, -0.25) is 4.72 Å². The first-order valence-electron chi connectivity index (χ1n) is 6.16. The van der Waals surface area contributed by atoms with Crippen molar-refractivity contribution < 1.29 is 8.42 Å². The Hall–Kier alpha value is -2.02. The van der Waals surface area contributed by atoms with Gasteiger partial charge in [0.15, 0.2) is 0 Å². The predicted octanol–water partition coefficient (Wildman–Crippen LogP) is 2.01. The number of hydrogen-bond donors (Lipinski definition) is 3. The summed E-state index contributed by atoms with van der Waals surface area (Å²) in [6, 6.07) is 5.48. The van der Waals surface area contributed by atoms with E-state index >= 15 is 0 Å². The standard InChI is InChI=1S/C13H18N4O2S/c1-9-6-11(4-5-12(9)17-20(3,18)19)14-7-13-10(2)15-8-16-13/h4-6,8,14,17H,7H2,1-3H3,(H,15,16). The van der Waals surface area contributed by atoms with Gasteiger partial charge in [0.1, 0.15) is 0 Å². The molecular weight excluding hydrogens is 276 g/mol. The molecule has 2 rings (SSSR count). The van der Waals surface area contributed by atoms with Crippen LogP contribution in [0.4, 0.5) is 11.4 Å². The van der Waals surface area contributed by atoms with Crippen LogP contribution in [0, 0.1) is 13.8 Å². The maximum absolute atomic E-state index is 11.2. The van der Waals surface area contributed by atoms with E-state index in [9.17, 15) is 8.42 Å². The predicted molar refractivity (Wildman–Crippen MR) is 80.3 cm³/mol. The summed E-state index contributed by atoms with van der Waals surface area (Å²) in [5, 5.41) is 3.26. The molecular formula is C13H18N4O2S. The molecule has 2 aromatic rings.